The first-order valence-electron chi connectivity index (χ1n) is 12.1. The summed E-state index contributed by atoms with van der Waals surface area (Å²) in [4.78, 5) is 30.1. The molecule has 0 radical (unpaired) electrons. The van der Waals surface area contributed by atoms with Crippen LogP contribution in [0.2, 0.25) is 0 Å². The number of para-hydroxylation sites is 2. The molecule has 32 heavy (non-hydrogen) atoms. The number of methoxy groups -OCH3 is 1. The maximum atomic E-state index is 13.2. The second-order valence-electron chi connectivity index (χ2n) is 9.54. The van der Waals surface area contributed by atoms with Crippen LogP contribution in [0.3, 0.4) is 0 Å². The Morgan fingerprint density at radius 1 is 1.09 bits per heavy atom. The number of rotatable bonds is 8. The Bertz CT molecular complexity index is 779. The first kappa shape index (κ1) is 22.9. The monoisotopic (exact) mass is 443 g/mol. The molecule has 1 atom stereocenters. The van der Waals surface area contributed by atoms with Crippen LogP contribution in [0.5, 0.6) is 5.75 Å². The third-order valence-corrected chi connectivity index (χ3v) is 7.34. The van der Waals surface area contributed by atoms with Crippen LogP contribution in [0.25, 0.3) is 0 Å². The Morgan fingerprint density at radius 3 is 2.53 bits per heavy atom. The van der Waals surface area contributed by atoms with Crippen LogP contribution in [-0.4, -0.2) is 69.3 Å². The van der Waals surface area contributed by atoms with Crippen LogP contribution < -0.4 is 15.0 Å². The number of hydrogen-bond acceptors (Lipinski definition) is 5. The van der Waals surface area contributed by atoms with Crippen molar-refractivity contribution in [3.63, 3.8) is 0 Å². The average Bonchev–Trinajstić information content (AvgIpc) is 3.50. The van der Waals surface area contributed by atoms with Crippen LogP contribution in [0.1, 0.15) is 51.4 Å². The predicted octanol–water partition coefficient (Wildman–Crippen LogP) is 2.98. The molecule has 3 aliphatic rings. The molecule has 1 aromatic rings. The molecule has 7 nitrogen and oxygen atoms in total. The molecule has 2 aliphatic heterocycles. The highest BCUT2D eigenvalue weighted by atomic mass is 16.5. The van der Waals surface area contributed by atoms with Gasteiger partial charge in [-0.15, -0.1) is 0 Å². The first-order valence-corrected chi connectivity index (χ1v) is 12.1. The molecule has 1 aromatic carbocycles. The Morgan fingerprint density at radius 2 is 1.84 bits per heavy atom. The molecule has 0 spiro atoms. The number of piperazine rings is 1. The van der Waals surface area contributed by atoms with E-state index in [0.717, 1.165) is 69.7 Å². The number of nitrogens with one attached hydrogen (secondary N) is 1. The lowest BCUT2D eigenvalue weighted by atomic mass is 9.78. The van der Waals surface area contributed by atoms with Gasteiger partial charge in [-0.1, -0.05) is 25.0 Å². The topological polar surface area (TPSA) is 71.1 Å². The summed E-state index contributed by atoms with van der Waals surface area (Å²) in [6.07, 6.45) is 7.32. The zero-order valence-corrected chi connectivity index (χ0v) is 19.3. The van der Waals surface area contributed by atoms with Gasteiger partial charge in [0.1, 0.15) is 5.75 Å². The number of amides is 2. The molecule has 176 valence electrons. The van der Waals surface area contributed by atoms with Gasteiger partial charge in [-0.3, -0.25) is 9.59 Å². The normalized spacial score (nSPS) is 22.7. The van der Waals surface area contributed by atoms with Gasteiger partial charge in [-0.2, -0.15) is 0 Å². The number of anilines is 1. The van der Waals surface area contributed by atoms with E-state index in [1.807, 2.05) is 23.1 Å². The second-order valence-corrected chi connectivity index (χ2v) is 9.54. The first-order chi connectivity index (χ1) is 15.6. The van der Waals surface area contributed by atoms with E-state index >= 15 is 0 Å². The molecule has 0 bridgehead atoms. The van der Waals surface area contributed by atoms with E-state index in [4.69, 9.17) is 9.47 Å². The number of hydrogen-bond donors (Lipinski definition) is 1. The van der Waals surface area contributed by atoms with Crippen molar-refractivity contribution in [3.05, 3.63) is 24.3 Å². The quantitative estimate of drug-likeness (QED) is 0.669. The summed E-state index contributed by atoms with van der Waals surface area (Å²) in [5.74, 6) is 1.13. The lowest BCUT2D eigenvalue weighted by molar-refractivity contribution is -0.135. The highest BCUT2D eigenvalue weighted by molar-refractivity contribution is 5.81. The summed E-state index contributed by atoms with van der Waals surface area (Å²) in [5, 5.41) is 3.06. The smallest absolute Gasteiger partial charge is 0.223 e. The largest absolute Gasteiger partial charge is 0.495 e. The van der Waals surface area contributed by atoms with Crippen LogP contribution in [-0.2, 0) is 14.3 Å². The van der Waals surface area contributed by atoms with Crippen LogP contribution in [0.15, 0.2) is 24.3 Å². The molecule has 2 heterocycles. The number of ether oxygens (including phenoxy) is 2. The third kappa shape index (κ3) is 5.55. The van der Waals surface area contributed by atoms with Gasteiger partial charge >= 0.3 is 0 Å². The Labute approximate surface area is 191 Å². The lowest BCUT2D eigenvalue weighted by Crippen LogP contribution is -2.50. The van der Waals surface area contributed by atoms with E-state index in [9.17, 15) is 9.59 Å². The van der Waals surface area contributed by atoms with Crippen molar-refractivity contribution in [2.75, 3.05) is 51.3 Å². The van der Waals surface area contributed by atoms with Gasteiger partial charge in [0.05, 0.1) is 18.9 Å². The fourth-order valence-electron chi connectivity index (χ4n) is 5.50. The Balaban J connectivity index is 1.29. The molecule has 3 fully saturated rings. The van der Waals surface area contributed by atoms with E-state index < -0.39 is 0 Å². The second kappa shape index (κ2) is 10.6. The molecule has 1 unspecified atom stereocenters. The molecular formula is C25H37N3O4. The Kier molecular flexibility index (Phi) is 7.55. The minimum Gasteiger partial charge on any atom is -0.495 e. The Hall–Kier alpha value is -2.28. The van der Waals surface area contributed by atoms with Crippen molar-refractivity contribution in [3.8, 4) is 5.75 Å². The van der Waals surface area contributed by atoms with Crippen molar-refractivity contribution in [2.45, 2.75) is 57.5 Å². The summed E-state index contributed by atoms with van der Waals surface area (Å²) >= 11 is 0. The van der Waals surface area contributed by atoms with Gasteiger partial charge in [0.15, 0.2) is 0 Å². The molecule has 1 N–H and O–H groups in total. The average molecular weight is 444 g/mol. The minimum atomic E-state index is -0.183. The third-order valence-electron chi connectivity index (χ3n) is 7.34. The molecule has 1 saturated carbocycles. The lowest BCUT2D eigenvalue weighted by Gasteiger charge is -2.38. The molecule has 7 heteroatoms. The van der Waals surface area contributed by atoms with E-state index in [1.165, 1.54) is 0 Å². The molecule has 2 saturated heterocycles. The summed E-state index contributed by atoms with van der Waals surface area (Å²) in [5.41, 5.74) is 0.898. The van der Waals surface area contributed by atoms with Crippen molar-refractivity contribution >= 4 is 17.5 Å². The van der Waals surface area contributed by atoms with E-state index in [2.05, 4.69) is 16.3 Å². The van der Waals surface area contributed by atoms with E-state index in [1.54, 1.807) is 7.11 Å². The summed E-state index contributed by atoms with van der Waals surface area (Å²) in [6, 6.07) is 8.03. The van der Waals surface area contributed by atoms with Gasteiger partial charge in [0.25, 0.3) is 0 Å². The van der Waals surface area contributed by atoms with Gasteiger partial charge in [-0.25, -0.2) is 0 Å². The van der Waals surface area contributed by atoms with Crippen LogP contribution >= 0.6 is 0 Å². The maximum absolute atomic E-state index is 13.2. The van der Waals surface area contributed by atoms with Crippen molar-refractivity contribution in [2.24, 2.45) is 5.41 Å². The van der Waals surface area contributed by atoms with Gasteiger partial charge in [-0.05, 0) is 43.2 Å². The number of carbonyl (C=O) groups excluding carboxylic acids is 2. The van der Waals surface area contributed by atoms with Crippen LogP contribution in [0, 0.1) is 5.41 Å². The van der Waals surface area contributed by atoms with Gasteiger partial charge < -0.3 is 24.6 Å². The van der Waals surface area contributed by atoms with Crippen molar-refractivity contribution in [1.29, 1.82) is 0 Å². The van der Waals surface area contributed by atoms with E-state index in [0.29, 0.717) is 32.5 Å². The summed E-state index contributed by atoms with van der Waals surface area (Å²) in [6.45, 7) is 4.38. The number of carbonyl (C=O) groups is 2. The standard InChI is InChI=1S/C25H37N3O4/c1-31-22-9-3-2-8-21(22)27-12-14-28(15-13-27)24(30)18-25(10-4-5-11-25)17-23(29)26-19-20-7-6-16-32-20/h2-3,8-9,20H,4-7,10-19H2,1H3,(H,26,29). The minimum absolute atomic E-state index is 0.0659. The fourth-order valence-corrected chi connectivity index (χ4v) is 5.50. The van der Waals surface area contributed by atoms with Crippen LogP contribution in [0.4, 0.5) is 5.69 Å². The molecular weight excluding hydrogens is 406 g/mol. The molecule has 4 rings (SSSR count). The fraction of sp³-hybridized carbons (Fsp3) is 0.680. The molecule has 0 aromatic heterocycles. The maximum Gasteiger partial charge on any atom is 0.223 e. The zero-order valence-electron chi connectivity index (χ0n) is 19.3. The summed E-state index contributed by atoms with van der Waals surface area (Å²) < 4.78 is 11.1. The van der Waals surface area contributed by atoms with Crippen molar-refractivity contribution in [1.82, 2.24) is 10.2 Å². The van der Waals surface area contributed by atoms with Gasteiger partial charge in [0.2, 0.25) is 11.8 Å². The highest BCUT2D eigenvalue weighted by Crippen LogP contribution is 2.44. The predicted molar refractivity (Wildman–Crippen MR) is 124 cm³/mol. The van der Waals surface area contributed by atoms with E-state index in [-0.39, 0.29) is 23.3 Å². The highest BCUT2D eigenvalue weighted by Gasteiger charge is 2.39. The zero-order chi connectivity index (χ0) is 22.4. The summed E-state index contributed by atoms with van der Waals surface area (Å²) in [7, 11) is 1.69. The van der Waals surface area contributed by atoms with Crippen molar-refractivity contribution < 1.29 is 19.1 Å². The molecule has 2 amide bonds. The number of benzene rings is 1. The van der Waals surface area contributed by atoms with Gasteiger partial charge in [0, 0.05) is 52.2 Å². The molecule has 1 aliphatic carbocycles. The SMILES string of the molecule is COc1ccccc1N1CCN(C(=O)CC2(CC(=O)NCC3CCCO3)CCCC2)CC1. The number of nitrogens with zero attached hydrogens (tertiary/aromatic N) is 2.